The fourth-order valence-corrected chi connectivity index (χ4v) is 3.00. The Balaban J connectivity index is 1.60. The van der Waals surface area contributed by atoms with Crippen molar-refractivity contribution in [2.75, 3.05) is 6.54 Å². The third-order valence-electron chi connectivity index (χ3n) is 4.07. The van der Waals surface area contributed by atoms with Crippen molar-refractivity contribution in [1.29, 1.82) is 0 Å². The Morgan fingerprint density at radius 1 is 1.28 bits per heavy atom. The van der Waals surface area contributed by atoms with Gasteiger partial charge in [-0.25, -0.2) is 4.98 Å². The molecule has 1 aromatic carbocycles. The molecule has 2 aromatic rings. The van der Waals surface area contributed by atoms with Crippen LogP contribution >= 0.6 is 23.2 Å². The number of ketones is 1. The van der Waals surface area contributed by atoms with Gasteiger partial charge in [0.15, 0.2) is 0 Å². The number of Topliss-reactive ketones (excluding diaryl/α,β-unsaturated/α-hetero) is 1. The van der Waals surface area contributed by atoms with E-state index >= 15 is 0 Å². The Morgan fingerprint density at radius 3 is 2.80 bits per heavy atom. The molecule has 1 saturated carbocycles. The van der Waals surface area contributed by atoms with Gasteiger partial charge in [-0.3, -0.25) is 9.59 Å². The van der Waals surface area contributed by atoms with Crippen LogP contribution in [0.3, 0.4) is 0 Å². The quantitative estimate of drug-likeness (QED) is 0.842. The first-order valence-corrected chi connectivity index (χ1v) is 8.69. The van der Waals surface area contributed by atoms with Crippen LogP contribution in [0.2, 0.25) is 10.0 Å². The highest BCUT2D eigenvalue weighted by Gasteiger charge is 2.24. The van der Waals surface area contributed by atoms with Gasteiger partial charge < -0.3 is 10.1 Å². The highest BCUT2D eigenvalue weighted by molar-refractivity contribution is 6.42. The van der Waals surface area contributed by atoms with Crippen LogP contribution in [0, 0.1) is 5.92 Å². The van der Waals surface area contributed by atoms with Crippen LogP contribution in [-0.2, 0) is 4.79 Å². The average Bonchev–Trinajstić information content (AvgIpc) is 3.02. The second-order valence-corrected chi connectivity index (χ2v) is 6.59. The zero-order valence-corrected chi connectivity index (χ0v) is 14.8. The molecule has 3 rings (SSSR count). The molecule has 1 fully saturated rings. The summed E-state index contributed by atoms with van der Waals surface area (Å²) in [4.78, 5) is 27.8. The van der Waals surface area contributed by atoms with Crippen LogP contribution < -0.4 is 10.1 Å². The second-order valence-electron chi connectivity index (χ2n) is 5.80. The van der Waals surface area contributed by atoms with Gasteiger partial charge in [0.25, 0.3) is 5.91 Å². The van der Waals surface area contributed by atoms with Gasteiger partial charge in [0.05, 0.1) is 10.6 Å². The summed E-state index contributed by atoms with van der Waals surface area (Å²) < 4.78 is 5.58. The van der Waals surface area contributed by atoms with E-state index in [9.17, 15) is 9.59 Å². The number of ether oxygens (including phenoxy) is 1. The summed E-state index contributed by atoms with van der Waals surface area (Å²) in [5.74, 6) is 0.579. The van der Waals surface area contributed by atoms with Crippen molar-refractivity contribution in [3.63, 3.8) is 0 Å². The predicted octanol–water partition coefficient (Wildman–Crippen LogP) is 4.28. The van der Waals surface area contributed by atoms with Crippen molar-refractivity contribution in [1.82, 2.24) is 10.3 Å². The van der Waals surface area contributed by atoms with Gasteiger partial charge in [-0.1, -0.05) is 29.3 Å². The Hall–Kier alpha value is -2.11. The number of nitrogens with one attached hydrogen (secondary N) is 1. The van der Waals surface area contributed by atoms with E-state index < -0.39 is 0 Å². The number of nitrogens with zero attached hydrogens (tertiary/aromatic N) is 1. The Kier molecular flexibility index (Phi) is 5.56. The number of benzene rings is 1. The maximum atomic E-state index is 12.1. The molecule has 1 atom stereocenters. The largest absolute Gasteiger partial charge is 0.437 e. The lowest BCUT2D eigenvalue weighted by Gasteiger charge is -2.10. The Labute approximate surface area is 155 Å². The van der Waals surface area contributed by atoms with E-state index in [-0.39, 0.29) is 17.6 Å². The standard InChI is InChI=1S/C18H16Cl2N2O3/c19-13-4-2-6-15(17(13)20)25-16-8-7-12(10-21-16)18(24)22-9-11-3-1-5-14(11)23/h2,4,6-8,10-11H,1,3,5,9H2,(H,22,24). The third kappa shape index (κ3) is 4.30. The first kappa shape index (κ1) is 17.7. The summed E-state index contributed by atoms with van der Waals surface area (Å²) >= 11 is 12.0. The fraction of sp³-hybridized carbons (Fsp3) is 0.278. The Bertz CT molecular complexity index is 793. The first-order valence-electron chi connectivity index (χ1n) is 7.93. The maximum Gasteiger partial charge on any atom is 0.252 e. The van der Waals surface area contributed by atoms with Crippen LogP contribution in [0.1, 0.15) is 29.6 Å². The van der Waals surface area contributed by atoms with Gasteiger partial charge in [-0.05, 0) is 31.0 Å². The number of carbonyl (C=O) groups excluding carboxylic acids is 2. The van der Waals surface area contributed by atoms with Gasteiger partial charge >= 0.3 is 0 Å². The number of hydrogen-bond acceptors (Lipinski definition) is 4. The molecule has 1 aliphatic carbocycles. The van der Waals surface area contributed by atoms with Crippen molar-refractivity contribution in [3.8, 4) is 11.6 Å². The lowest BCUT2D eigenvalue weighted by atomic mass is 10.1. The van der Waals surface area contributed by atoms with Gasteiger partial charge in [0.2, 0.25) is 5.88 Å². The van der Waals surface area contributed by atoms with Crippen molar-refractivity contribution in [2.45, 2.75) is 19.3 Å². The maximum absolute atomic E-state index is 12.1. The number of rotatable bonds is 5. The van der Waals surface area contributed by atoms with Crippen molar-refractivity contribution >= 4 is 34.9 Å². The highest BCUT2D eigenvalue weighted by Crippen LogP contribution is 2.33. The van der Waals surface area contributed by atoms with Gasteiger partial charge in [0.1, 0.15) is 16.6 Å². The average molecular weight is 379 g/mol. The van der Waals surface area contributed by atoms with Crippen molar-refractivity contribution in [2.24, 2.45) is 5.92 Å². The van der Waals surface area contributed by atoms with Gasteiger partial charge in [-0.2, -0.15) is 0 Å². The molecule has 7 heteroatoms. The van der Waals surface area contributed by atoms with E-state index in [2.05, 4.69) is 10.3 Å². The molecule has 1 unspecified atom stereocenters. The SMILES string of the molecule is O=C(NCC1CCCC1=O)c1ccc(Oc2cccc(Cl)c2Cl)nc1. The molecule has 0 bridgehead atoms. The highest BCUT2D eigenvalue weighted by atomic mass is 35.5. The lowest BCUT2D eigenvalue weighted by molar-refractivity contribution is -0.120. The smallest absolute Gasteiger partial charge is 0.252 e. The summed E-state index contributed by atoms with van der Waals surface area (Å²) in [6.07, 6.45) is 3.77. The summed E-state index contributed by atoms with van der Waals surface area (Å²) in [7, 11) is 0. The molecule has 1 amide bonds. The number of halogens is 2. The molecule has 0 spiro atoms. The van der Waals surface area contributed by atoms with E-state index in [1.165, 1.54) is 6.20 Å². The number of amides is 1. The molecule has 130 valence electrons. The normalized spacial score (nSPS) is 16.7. The summed E-state index contributed by atoms with van der Waals surface area (Å²) in [5, 5.41) is 3.46. The van der Waals surface area contributed by atoms with Crippen LogP contribution in [-0.4, -0.2) is 23.2 Å². The second kappa shape index (κ2) is 7.85. The minimum absolute atomic E-state index is 0.0653. The number of hydrogen-bond donors (Lipinski definition) is 1. The molecule has 0 saturated heterocycles. The van der Waals surface area contributed by atoms with Crippen LogP contribution in [0.25, 0.3) is 0 Å². The molecule has 1 aliphatic rings. The topological polar surface area (TPSA) is 68.3 Å². The summed E-state index contributed by atoms with van der Waals surface area (Å²) in [6, 6.07) is 8.23. The van der Waals surface area contributed by atoms with E-state index in [1.54, 1.807) is 30.3 Å². The van der Waals surface area contributed by atoms with Crippen LogP contribution in [0.4, 0.5) is 0 Å². The molecule has 5 nitrogen and oxygen atoms in total. The first-order chi connectivity index (χ1) is 12.0. The van der Waals surface area contributed by atoms with Gasteiger partial charge in [-0.15, -0.1) is 0 Å². The molecule has 0 aliphatic heterocycles. The van der Waals surface area contributed by atoms with Crippen molar-refractivity contribution in [3.05, 3.63) is 52.1 Å². The number of carbonyl (C=O) groups is 2. The van der Waals surface area contributed by atoms with E-state index in [1.807, 2.05) is 0 Å². The lowest BCUT2D eigenvalue weighted by Crippen LogP contribution is -2.30. The summed E-state index contributed by atoms with van der Waals surface area (Å²) in [5.41, 5.74) is 0.398. The Morgan fingerprint density at radius 2 is 2.12 bits per heavy atom. The monoisotopic (exact) mass is 378 g/mol. The minimum atomic E-state index is -0.264. The molecule has 1 heterocycles. The minimum Gasteiger partial charge on any atom is -0.437 e. The van der Waals surface area contributed by atoms with Crippen molar-refractivity contribution < 1.29 is 14.3 Å². The third-order valence-corrected chi connectivity index (χ3v) is 4.87. The van der Waals surface area contributed by atoms with Crippen LogP contribution in [0.5, 0.6) is 11.6 Å². The molecular weight excluding hydrogens is 363 g/mol. The number of pyridine rings is 1. The van der Waals surface area contributed by atoms with E-state index in [4.69, 9.17) is 27.9 Å². The summed E-state index contributed by atoms with van der Waals surface area (Å²) in [6.45, 7) is 0.369. The van der Waals surface area contributed by atoms with E-state index in [0.717, 1.165) is 12.8 Å². The molecule has 25 heavy (non-hydrogen) atoms. The zero-order chi connectivity index (χ0) is 17.8. The molecular formula is C18H16Cl2N2O3. The molecule has 1 aromatic heterocycles. The number of aromatic nitrogens is 1. The predicted molar refractivity (Wildman–Crippen MR) is 95.5 cm³/mol. The van der Waals surface area contributed by atoms with Gasteiger partial charge in [0, 0.05) is 31.1 Å². The molecule has 1 N–H and O–H groups in total. The zero-order valence-electron chi connectivity index (χ0n) is 13.3. The van der Waals surface area contributed by atoms with Crippen LogP contribution in [0.15, 0.2) is 36.5 Å². The van der Waals surface area contributed by atoms with E-state index in [0.29, 0.717) is 40.2 Å². The molecule has 0 radical (unpaired) electrons. The fourth-order valence-electron chi connectivity index (χ4n) is 2.67.